The molecule has 10 heteroatoms. The summed E-state index contributed by atoms with van der Waals surface area (Å²) in [6, 6.07) is 10.1. The number of hydrogen-bond donors (Lipinski definition) is 1. The van der Waals surface area contributed by atoms with Crippen molar-refractivity contribution in [1.82, 2.24) is 9.76 Å². The maximum Gasteiger partial charge on any atom is 0.343 e. The lowest BCUT2D eigenvalue weighted by Gasteiger charge is -2.27. The van der Waals surface area contributed by atoms with E-state index in [1.807, 2.05) is 30.4 Å². The van der Waals surface area contributed by atoms with Gasteiger partial charge in [0.05, 0.1) is 19.0 Å². The molecular weight excluding hydrogens is 435 g/mol. The molecule has 0 amide bonds. The first-order valence-corrected chi connectivity index (χ1v) is 13.3. The number of benzene rings is 1. The molecule has 7 nitrogen and oxygen atoms in total. The molecule has 0 aliphatic rings. The van der Waals surface area contributed by atoms with E-state index in [9.17, 15) is 13.0 Å². The maximum atomic E-state index is 13.1. The SMILES string of the molecule is CCCS(=O)(=O)OCCNP(=O)(OCCC=CCc1ccccc1)N(C)CCCl. The summed E-state index contributed by atoms with van der Waals surface area (Å²) in [5.74, 6) is 0.256. The van der Waals surface area contributed by atoms with Gasteiger partial charge in [-0.3, -0.25) is 8.75 Å². The lowest BCUT2D eigenvalue weighted by molar-refractivity contribution is 0.262. The van der Waals surface area contributed by atoms with E-state index >= 15 is 0 Å². The van der Waals surface area contributed by atoms with Crippen molar-refractivity contribution < 1.29 is 21.7 Å². The highest BCUT2D eigenvalue weighted by molar-refractivity contribution is 7.86. The minimum Gasteiger partial charge on any atom is -0.306 e. The minimum absolute atomic E-state index is 0.0391. The Morgan fingerprint density at radius 3 is 2.59 bits per heavy atom. The van der Waals surface area contributed by atoms with Gasteiger partial charge in [-0.25, -0.2) is 9.76 Å². The average molecular weight is 467 g/mol. The Morgan fingerprint density at radius 2 is 1.93 bits per heavy atom. The van der Waals surface area contributed by atoms with Crippen LogP contribution in [0.15, 0.2) is 42.5 Å². The third-order valence-electron chi connectivity index (χ3n) is 3.90. The standard InChI is InChI=1S/C19H32ClN2O5PS/c1-3-18-29(24,25)27-17-14-21-28(23,22(2)15-13-20)26-16-9-5-8-12-19-10-6-4-7-11-19/h4-8,10-11H,3,9,12-18H2,1-2H3,(H,21,23). The van der Waals surface area contributed by atoms with Crippen molar-refractivity contribution >= 4 is 29.4 Å². The highest BCUT2D eigenvalue weighted by Gasteiger charge is 2.28. The van der Waals surface area contributed by atoms with Crippen LogP contribution in [0.4, 0.5) is 0 Å². The van der Waals surface area contributed by atoms with Crippen LogP contribution in [0.5, 0.6) is 0 Å². The zero-order valence-corrected chi connectivity index (χ0v) is 19.6. The summed E-state index contributed by atoms with van der Waals surface area (Å²) < 4.78 is 48.3. The lowest BCUT2D eigenvalue weighted by atomic mass is 10.1. The van der Waals surface area contributed by atoms with Gasteiger partial charge in [-0.05, 0) is 31.9 Å². The third kappa shape index (κ3) is 11.3. The summed E-state index contributed by atoms with van der Waals surface area (Å²) >= 11 is 5.76. The molecule has 1 unspecified atom stereocenters. The maximum absolute atomic E-state index is 13.1. The van der Waals surface area contributed by atoms with Crippen molar-refractivity contribution in [2.24, 2.45) is 0 Å². The van der Waals surface area contributed by atoms with Gasteiger partial charge in [-0.2, -0.15) is 8.42 Å². The highest BCUT2D eigenvalue weighted by atomic mass is 35.5. The summed E-state index contributed by atoms with van der Waals surface area (Å²) in [6.07, 6.45) is 5.94. The number of nitrogens with zero attached hydrogens (tertiary/aromatic N) is 1. The van der Waals surface area contributed by atoms with E-state index in [1.165, 1.54) is 10.2 Å². The van der Waals surface area contributed by atoms with Crippen LogP contribution in [-0.4, -0.2) is 58.1 Å². The van der Waals surface area contributed by atoms with Crippen LogP contribution in [0.2, 0.25) is 0 Å². The molecule has 0 aromatic heterocycles. The molecule has 0 bridgehead atoms. The van der Waals surface area contributed by atoms with Crippen LogP contribution in [0.3, 0.4) is 0 Å². The minimum atomic E-state index is -3.54. The van der Waals surface area contributed by atoms with Crippen LogP contribution in [-0.2, 0) is 29.8 Å². The Bertz CT molecular complexity index is 746. The monoisotopic (exact) mass is 466 g/mol. The Kier molecular flexibility index (Phi) is 13.0. The Balaban J connectivity index is 2.46. The average Bonchev–Trinajstić information content (AvgIpc) is 2.69. The molecule has 0 aliphatic heterocycles. The number of halogens is 1. The van der Waals surface area contributed by atoms with Gasteiger partial charge in [-0.15, -0.1) is 11.6 Å². The fourth-order valence-electron chi connectivity index (χ4n) is 2.38. The van der Waals surface area contributed by atoms with Crippen molar-refractivity contribution in [1.29, 1.82) is 0 Å². The van der Waals surface area contributed by atoms with E-state index in [4.69, 9.17) is 20.3 Å². The second-order valence-electron chi connectivity index (χ2n) is 6.37. The molecular formula is C19H32ClN2O5PS. The molecule has 1 N–H and O–H groups in total. The molecule has 0 radical (unpaired) electrons. The van der Waals surface area contributed by atoms with Gasteiger partial charge in [0.25, 0.3) is 10.1 Å². The van der Waals surface area contributed by atoms with Gasteiger partial charge in [0, 0.05) is 19.0 Å². The fraction of sp³-hybridized carbons (Fsp3) is 0.579. The molecule has 1 rings (SSSR count). The highest BCUT2D eigenvalue weighted by Crippen LogP contribution is 2.45. The number of hydrogen-bond acceptors (Lipinski definition) is 5. The van der Waals surface area contributed by atoms with Gasteiger partial charge >= 0.3 is 7.67 Å². The quantitative estimate of drug-likeness (QED) is 0.130. The smallest absolute Gasteiger partial charge is 0.306 e. The summed E-state index contributed by atoms with van der Waals surface area (Å²) in [5, 5.41) is 2.80. The topological polar surface area (TPSA) is 84.9 Å². The van der Waals surface area contributed by atoms with E-state index < -0.39 is 17.8 Å². The first kappa shape index (κ1) is 26.3. The molecule has 0 aliphatic carbocycles. The lowest BCUT2D eigenvalue weighted by Crippen LogP contribution is -2.30. The molecule has 0 fully saturated rings. The molecule has 29 heavy (non-hydrogen) atoms. The Labute approximate surface area is 180 Å². The van der Waals surface area contributed by atoms with Crippen molar-refractivity contribution in [3.8, 4) is 0 Å². The molecule has 0 heterocycles. The van der Waals surface area contributed by atoms with Crippen LogP contribution < -0.4 is 5.09 Å². The number of allylic oxidation sites excluding steroid dienone is 1. The Hall–Kier alpha value is -0.730. The first-order valence-electron chi connectivity index (χ1n) is 9.66. The van der Waals surface area contributed by atoms with Crippen LogP contribution in [0.25, 0.3) is 0 Å². The summed E-state index contributed by atoms with van der Waals surface area (Å²) in [5.41, 5.74) is 1.22. The molecule has 1 aromatic rings. The molecule has 1 aromatic carbocycles. The molecule has 1 atom stereocenters. The van der Waals surface area contributed by atoms with Crippen molar-refractivity contribution in [2.75, 3.05) is 45.0 Å². The summed E-state index contributed by atoms with van der Waals surface area (Å²) in [4.78, 5) is 0. The third-order valence-corrected chi connectivity index (χ3v) is 7.76. The molecule has 0 spiro atoms. The summed E-state index contributed by atoms with van der Waals surface area (Å²) in [6.45, 7) is 2.36. The molecule has 166 valence electrons. The second-order valence-corrected chi connectivity index (χ2v) is 10.8. The van der Waals surface area contributed by atoms with Crippen LogP contribution >= 0.6 is 19.3 Å². The number of nitrogens with one attached hydrogen (secondary N) is 1. The van der Waals surface area contributed by atoms with Gasteiger partial charge in [0.2, 0.25) is 0 Å². The summed E-state index contributed by atoms with van der Waals surface area (Å²) in [7, 11) is -5.24. The van der Waals surface area contributed by atoms with E-state index in [1.54, 1.807) is 14.0 Å². The fourth-order valence-corrected chi connectivity index (χ4v) is 5.33. The van der Waals surface area contributed by atoms with Crippen LogP contribution in [0.1, 0.15) is 25.3 Å². The van der Waals surface area contributed by atoms with Gasteiger partial charge in [0.15, 0.2) is 0 Å². The van der Waals surface area contributed by atoms with E-state index in [0.29, 0.717) is 25.3 Å². The van der Waals surface area contributed by atoms with E-state index in [2.05, 4.69) is 17.2 Å². The predicted octanol–water partition coefficient (Wildman–Crippen LogP) is 3.82. The van der Waals surface area contributed by atoms with Gasteiger partial charge in [0.1, 0.15) is 0 Å². The second kappa shape index (κ2) is 14.3. The zero-order chi connectivity index (χ0) is 21.6. The van der Waals surface area contributed by atoms with E-state index in [0.717, 1.165) is 6.42 Å². The normalized spacial score (nSPS) is 14.5. The molecule has 0 saturated carbocycles. The van der Waals surface area contributed by atoms with Crippen molar-refractivity contribution in [3.05, 3.63) is 48.0 Å². The van der Waals surface area contributed by atoms with Crippen molar-refractivity contribution in [3.63, 3.8) is 0 Å². The largest absolute Gasteiger partial charge is 0.343 e. The van der Waals surface area contributed by atoms with Gasteiger partial charge in [-0.1, -0.05) is 49.4 Å². The van der Waals surface area contributed by atoms with E-state index in [-0.39, 0.29) is 25.5 Å². The van der Waals surface area contributed by atoms with Crippen molar-refractivity contribution in [2.45, 2.75) is 26.2 Å². The Morgan fingerprint density at radius 1 is 1.21 bits per heavy atom. The first-order chi connectivity index (χ1) is 13.8. The number of alkyl halides is 1. The number of rotatable bonds is 16. The van der Waals surface area contributed by atoms with Crippen LogP contribution in [0, 0.1) is 0 Å². The van der Waals surface area contributed by atoms with Gasteiger partial charge < -0.3 is 4.52 Å². The molecule has 0 saturated heterocycles. The zero-order valence-electron chi connectivity index (χ0n) is 17.1. The predicted molar refractivity (Wildman–Crippen MR) is 119 cm³/mol.